The van der Waals surface area contributed by atoms with Gasteiger partial charge in [-0.05, 0) is 35.4 Å². The van der Waals surface area contributed by atoms with Crippen LogP contribution in [0.25, 0.3) is 22.4 Å². The van der Waals surface area contributed by atoms with Crippen LogP contribution in [0.15, 0.2) is 52.3 Å². The zero-order valence-electron chi connectivity index (χ0n) is 13.9. The number of anilines is 1. The number of fused-ring (bicyclic) bond motifs is 1. The molecule has 11 heteroatoms. The summed E-state index contributed by atoms with van der Waals surface area (Å²) in [4.78, 5) is 12.4. The number of benzene rings is 1. The second kappa shape index (κ2) is 6.29. The van der Waals surface area contributed by atoms with Crippen molar-refractivity contribution in [2.24, 2.45) is 0 Å². The molecule has 0 saturated carbocycles. The van der Waals surface area contributed by atoms with E-state index in [0.29, 0.717) is 10.9 Å². The van der Waals surface area contributed by atoms with Crippen molar-refractivity contribution in [2.75, 3.05) is 5.73 Å². The number of aryl methyl sites for hydroxylation is 1. The number of hydrogen-bond acceptors (Lipinski definition) is 10. The van der Waals surface area contributed by atoms with Gasteiger partial charge in [-0.3, -0.25) is 4.98 Å². The molecule has 3 heterocycles. The summed E-state index contributed by atoms with van der Waals surface area (Å²) in [5.74, 6) is -0.214. The summed E-state index contributed by atoms with van der Waals surface area (Å²) in [6.07, 6.45) is 2.91. The lowest BCUT2D eigenvalue weighted by Gasteiger charge is -2.09. The van der Waals surface area contributed by atoms with Crippen LogP contribution >= 0.6 is 0 Å². The lowest BCUT2D eigenvalue weighted by atomic mass is 10.2. The predicted octanol–water partition coefficient (Wildman–Crippen LogP) is 1.73. The molecule has 0 fully saturated rings. The summed E-state index contributed by atoms with van der Waals surface area (Å²) in [6, 6.07) is 7.80. The van der Waals surface area contributed by atoms with Crippen molar-refractivity contribution >= 4 is 26.8 Å². The van der Waals surface area contributed by atoms with Crippen LogP contribution in [0.5, 0.6) is 5.88 Å². The van der Waals surface area contributed by atoms with Crippen LogP contribution in [0.3, 0.4) is 0 Å². The van der Waals surface area contributed by atoms with Gasteiger partial charge in [-0.15, -0.1) is 0 Å². The van der Waals surface area contributed by atoms with E-state index in [2.05, 4.69) is 29.9 Å². The predicted molar refractivity (Wildman–Crippen MR) is 94.0 cm³/mol. The van der Waals surface area contributed by atoms with Crippen molar-refractivity contribution < 1.29 is 17.2 Å². The maximum absolute atomic E-state index is 12.7. The van der Waals surface area contributed by atoms with E-state index in [9.17, 15) is 8.42 Å². The average Bonchev–Trinajstić information content (AvgIpc) is 3.08. The zero-order valence-corrected chi connectivity index (χ0v) is 14.7. The third-order valence-corrected chi connectivity index (χ3v) is 4.92. The molecule has 0 saturated heterocycles. The van der Waals surface area contributed by atoms with Crippen LogP contribution in [-0.2, 0) is 10.1 Å². The summed E-state index contributed by atoms with van der Waals surface area (Å²) < 4.78 is 35.2. The van der Waals surface area contributed by atoms with Crippen LogP contribution in [0.4, 0.5) is 5.82 Å². The number of nitrogens with two attached hydrogens (primary N) is 1. The molecule has 0 unspecified atom stereocenters. The molecule has 0 bridgehead atoms. The van der Waals surface area contributed by atoms with Crippen molar-refractivity contribution in [3.8, 4) is 17.4 Å². The van der Waals surface area contributed by atoms with E-state index in [4.69, 9.17) is 9.92 Å². The van der Waals surface area contributed by atoms with Gasteiger partial charge in [0.25, 0.3) is 0 Å². The first-order chi connectivity index (χ1) is 12.9. The molecule has 1 aromatic carbocycles. The Labute approximate surface area is 153 Å². The summed E-state index contributed by atoms with van der Waals surface area (Å²) in [5.41, 5.74) is 7.01. The lowest BCUT2D eigenvalue weighted by molar-refractivity contribution is 0.310. The molecule has 27 heavy (non-hydrogen) atoms. The van der Waals surface area contributed by atoms with E-state index in [0.717, 1.165) is 5.56 Å². The van der Waals surface area contributed by atoms with Gasteiger partial charge < -0.3 is 9.92 Å². The zero-order chi connectivity index (χ0) is 19.0. The third-order valence-electron chi connectivity index (χ3n) is 3.69. The van der Waals surface area contributed by atoms with Gasteiger partial charge in [-0.25, -0.2) is 9.61 Å². The molecule has 0 spiro atoms. The smallest absolute Gasteiger partial charge is 0.340 e. The molecule has 4 rings (SSSR count). The van der Waals surface area contributed by atoms with Gasteiger partial charge >= 0.3 is 10.1 Å². The van der Waals surface area contributed by atoms with E-state index < -0.39 is 10.1 Å². The summed E-state index contributed by atoms with van der Waals surface area (Å²) in [7, 11) is -4.12. The molecule has 0 aliphatic rings. The van der Waals surface area contributed by atoms with Crippen molar-refractivity contribution in [3.05, 3.63) is 48.3 Å². The second-order valence-corrected chi connectivity index (χ2v) is 7.14. The number of hydrogen-bond donors (Lipinski definition) is 1. The fourth-order valence-electron chi connectivity index (χ4n) is 2.33. The van der Waals surface area contributed by atoms with Gasteiger partial charge in [-0.2, -0.15) is 13.4 Å². The topological polar surface area (TPSA) is 147 Å². The van der Waals surface area contributed by atoms with Crippen LogP contribution in [0.2, 0.25) is 0 Å². The molecule has 0 aliphatic carbocycles. The number of nitrogens with zero attached hydrogens (tertiary/aromatic N) is 5. The normalized spacial score (nSPS) is 11.6. The molecular formula is C16H12N6O4S. The molecule has 0 aliphatic heterocycles. The molecule has 2 N–H and O–H groups in total. The van der Waals surface area contributed by atoms with Crippen molar-refractivity contribution in [2.45, 2.75) is 11.8 Å². The van der Waals surface area contributed by atoms with E-state index in [1.54, 1.807) is 18.2 Å². The van der Waals surface area contributed by atoms with Crippen LogP contribution < -0.4 is 9.92 Å². The Morgan fingerprint density at radius 2 is 1.85 bits per heavy atom. The summed E-state index contributed by atoms with van der Waals surface area (Å²) in [5, 5.41) is 7.47. The SMILES string of the molecule is Cc1ccc(S(=O)(=O)Oc2nc(-c3nonc3N)nc3cnccc23)cc1. The molecular weight excluding hydrogens is 372 g/mol. The number of aromatic nitrogens is 5. The van der Waals surface area contributed by atoms with Gasteiger partial charge in [-0.1, -0.05) is 17.7 Å². The maximum Gasteiger partial charge on any atom is 0.340 e. The fourth-order valence-corrected chi connectivity index (χ4v) is 3.23. The Morgan fingerprint density at radius 3 is 2.56 bits per heavy atom. The van der Waals surface area contributed by atoms with Crippen molar-refractivity contribution in [3.63, 3.8) is 0 Å². The number of pyridine rings is 1. The minimum absolute atomic E-state index is 0.00177. The monoisotopic (exact) mass is 384 g/mol. The van der Waals surface area contributed by atoms with Gasteiger partial charge in [0.05, 0.1) is 17.1 Å². The summed E-state index contributed by atoms with van der Waals surface area (Å²) in [6.45, 7) is 1.85. The first-order valence-electron chi connectivity index (χ1n) is 7.65. The minimum atomic E-state index is -4.12. The van der Waals surface area contributed by atoms with Crippen molar-refractivity contribution in [1.29, 1.82) is 0 Å². The molecule has 3 aromatic heterocycles. The van der Waals surface area contributed by atoms with Crippen LogP contribution in [-0.4, -0.2) is 33.7 Å². The average molecular weight is 384 g/mol. The van der Waals surface area contributed by atoms with Crippen LogP contribution in [0.1, 0.15) is 5.56 Å². The van der Waals surface area contributed by atoms with E-state index in [1.807, 2.05) is 6.92 Å². The molecule has 0 radical (unpaired) electrons. The Bertz CT molecular complexity index is 1240. The third kappa shape index (κ3) is 3.15. The van der Waals surface area contributed by atoms with E-state index in [-0.39, 0.29) is 28.1 Å². The van der Waals surface area contributed by atoms with Crippen LogP contribution in [0, 0.1) is 6.92 Å². The standard InChI is InChI=1S/C16H12N6O4S/c1-9-2-4-10(5-3-9)27(23,24)25-16-11-6-7-18-8-12(11)19-15(20-16)13-14(17)22-26-21-13/h2-8H,1H3,(H2,17,22). The quantitative estimate of drug-likeness (QED) is 0.516. The van der Waals surface area contributed by atoms with Gasteiger partial charge in [0.2, 0.25) is 5.88 Å². The molecule has 10 nitrogen and oxygen atoms in total. The first kappa shape index (κ1) is 16.8. The van der Waals surface area contributed by atoms with Gasteiger partial charge in [0.15, 0.2) is 17.3 Å². The van der Waals surface area contributed by atoms with Crippen molar-refractivity contribution in [1.82, 2.24) is 25.3 Å². The Morgan fingerprint density at radius 1 is 1.07 bits per heavy atom. The van der Waals surface area contributed by atoms with Gasteiger partial charge in [0, 0.05) is 6.20 Å². The number of rotatable bonds is 4. The highest BCUT2D eigenvalue weighted by molar-refractivity contribution is 7.87. The fraction of sp³-hybridized carbons (Fsp3) is 0.0625. The highest BCUT2D eigenvalue weighted by atomic mass is 32.2. The maximum atomic E-state index is 12.7. The Hall–Kier alpha value is -3.60. The first-order valence-corrected chi connectivity index (χ1v) is 9.06. The molecule has 4 aromatic rings. The largest absolute Gasteiger partial charge is 0.379 e. The number of nitrogen functional groups attached to an aromatic ring is 1. The summed E-state index contributed by atoms with van der Waals surface area (Å²) >= 11 is 0. The lowest BCUT2D eigenvalue weighted by Crippen LogP contribution is -2.12. The highest BCUT2D eigenvalue weighted by Gasteiger charge is 2.22. The second-order valence-electron chi connectivity index (χ2n) is 5.59. The highest BCUT2D eigenvalue weighted by Crippen LogP contribution is 2.29. The molecule has 136 valence electrons. The van der Waals surface area contributed by atoms with Gasteiger partial charge in [0.1, 0.15) is 4.90 Å². The molecule has 0 amide bonds. The minimum Gasteiger partial charge on any atom is -0.379 e. The van der Waals surface area contributed by atoms with E-state index >= 15 is 0 Å². The molecule has 0 atom stereocenters. The Balaban J connectivity index is 1.85. The van der Waals surface area contributed by atoms with E-state index in [1.165, 1.54) is 24.5 Å². The Kier molecular flexibility index (Phi) is 3.92.